The lowest BCUT2D eigenvalue weighted by Gasteiger charge is -2.38. The molecule has 1 aliphatic heterocycles. The molecule has 0 amide bonds. The molecule has 1 aliphatic rings. The van der Waals surface area contributed by atoms with Crippen molar-refractivity contribution in [3.63, 3.8) is 0 Å². The van der Waals surface area contributed by atoms with E-state index >= 15 is 0 Å². The number of nitrogens with zero attached hydrogens (tertiary/aromatic N) is 1. The third-order valence-electron chi connectivity index (χ3n) is 4.71. The van der Waals surface area contributed by atoms with Crippen molar-refractivity contribution in [2.75, 3.05) is 13.1 Å². The minimum absolute atomic E-state index is 0. The van der Waals surface area contributed by atoms with Crippen LogP contribution in [0.2, 0.25) is 0 Å². The molecule has 2 aromatic carbocycles. The number of aliphatic imine (C=N–C) groups is 1. The molecular formula is C22H29FIN3O2. The van der Waals surface area contributed by atoms with Crippen LogP contribution in [0.5, 0.6) is 5.75 Å². The number of guanidine groups is 1. The Kier molecular flexibility index (Phi) is 8.27. The Balaban J connectivity index is 0.00000300. The van der Waals surface area contributed by atoms with E-state index < -0.39 is 6.10 Å². The predicted octanol–water partition coefficient (Wildman–Crippen LogP) is 4.33. The molecule has 0 aromatic heterocycles. The normalized spacial score (nSPS) is 18.7. The average molecular weight is 513 g/mol. The summed E-state index contributed by atoms with van der Waals surface area (Å²) in [5, 5.41) is 17.1. The first kappa shape index (κ1) is 23.4. The van der Waals surface area contributed by atoms with E-state index in [1.165, 1.54) is 12.1 Å². The second-order valence-electron chi connectivity index (χ2n) is 7.59. The van der Waals surface area contributed by atoms with Gasteiger partial charge in [0.2, 0.25) is 0 Å². The Labute approximate surface area is 188 Å². The number of nitrogens with one attached hydrogen (secondary N) is 2. The van der Waals surface area contributed by atoms with Crippen molar-refractivity contribution in [2.24, 2.45) is 4.99 Å². The lowest BCUT2D eigenvalue weighted by Crippen LogP contribution is -2.45. The van der Waals surface area contributed by atoms with Crippen LogP contribution in [-0.2, 0) is 0 Å². The van der Waals surface area contributed by atoms with Gasteiger partial charge in [-0.05, 0) is 44.5 Å². The molecule has 158 valence electrons. The van der Waals surface area contributed by atoms with Gasteiger partial charge in [-0.1, -0.05) is 30.3 Å². The molecule has 1 heterocycles. The fourth-order valence-electron chi connectivity index (χ4n) is 3.38. The molecule has 2 unspecified atom stereocenters. The fraction of sp³-hybridized carbons (Fsp3) is 0.409. The maximum Gasteiger partial charge on any atom is 0.191 e. The smallest absolute Gasteiger partial charge is 0.191 e. The van der Waals surface area contributed by atoms with Gasteiger partial charge in [-0.3, -0.25) is 4.99 Å². The third-order valence-corrected chi connectivity index (χ3v) is 4.71. The van der Waals surface area contributed by atoms with Crippen molar-refractivity contribution >= 4 is 29.9 Å². The van der Waals surface area contributed by atoms with Gasteiger partial charge in [-0.2, -0.15) is 0 Å². The number of halogens is 2. The van der Waals surface area contributed by atoms with Gasteiger partial charge in [0.05, 0.1) is 18.7 Å². The van der Waals surface area contributed by atoms with Crippen molar-refractivity contribution in [1.29, 1.82) is 0 Å². The third kappa shape index (κ3) is 6.30. The zero-order valence-electron chi connectivity index (χ0n) is 17.0. The van der Waals surface area contributed by atoms with E-state index in [4.69, 9.17) is 4.74 Å². The molecule has 0 radical (unpaired) electrons. The molecule has 2 aromatic rings. The highest BCUT2D eigenvalue weighted by atomic mass is 127. The summed E-state index contributed by atoms with van der Waals surface area (Å²) in [7, 11) is 0. The van der Waals surface area contributed by atoms with Gasteiger partial charge in [0.15, 0.2) is 5.96 Å². The first-order valence-corrected chi connectivity index (χ1v) is 9.64. The van der Waals surface area contributed by atoms with E-state index in [1.807, 2.05) is 25.1 Å². The van der Waals surface area contributed by atoms with Crippen molar-refractivity contribution in [1.82, 2.24) is 10.6 Å². The first-order chi connectivity index (χ1) is 13.4. The summed E-state index contributed by atoms with van der Waals surface area (Å²) >= 11 is 0. The summed E-state index contributed by atoms with van der Waals surface area (Å²) in [4.78, 5) is 4.54. The molecule has 0 bridgehead atoms. The number of hydrogen-bond acceptors (Lipinski definition) is 3. The number of fused-ring (bicyclic) bond motifs is 1. The second kappa shape index (κ2) is 10.2. The molecule has 0 saturated heterocycles. The molecule has 3 rings (SSSR count). The molecule has 0 aliphatic carbocycles. The van der Waals surface area contributed by atoms with E-state index in [-0.39, 0.29) is 48.0 Å². The van der Waals surface area contributed by atoms with Crippen LogP contribution in [0.25, 0.3) is 0 Å². The highest BCUT2D eigenvalue weighted by Crippen LogP contribution is 2.39. The first-order valence-electron chi connectivity index (χ1n) is 9.64. The number of aliphatic hydroxyl groups is 1. The Hall–Kier alpha value is -1.87. The Morgan fingerprint density at radius 1 is 1.24 bits per heavy atom. The number of para-hydroxylation sites is 1. The summed E-state index contributed by atoms with van der Waals surface area (Å²) < 4.78 is 19.2. The number of benzene rings is 2. The van der Waals surface area contributed by atoms with Crippen molar-refractivity contribution < 1.29 is 14.2 Å². The molecule has 0 spiro atoms. The molecule has 2 atom stereocenters. The summed E-state index contributed by atoms with van der Waals surface area (Å²) in [6.07, 6.45) is -0.0101. The van der Waals surface area contributed by atoms with E-state index in [0.717, 1.165) is 17.7 Å². The standard InChI is InChI=1S/C22H28FN3O2.HI/c1-4-24-21(25-14-19(27)15-9-11-16(23)12-10-15)26-18-13-22(2,3)28-20-8-6-5-7-17(18)20;/h5-12,18-19,27H,4,13-14H2,1-3H3,(H2,24,25,26);1H. The maximum atomic E-state index is 13.1. The fourth-order valence-corrected chi connectivity index (χ4v) is 3.38. The highest BCUT2D eigenvalue weighted by molar-refractivity contribution is 14.0. The van der Waals surface area contributed by atoms with Gasteiger partial charge in [-0.15, -0.1) is 24.0 Å². The zero-order valence-corrected chi connectivity index (χ0v) is 19.3. The lowest BCUT2D eigenvalue weighted by atomic mass is 9.90. The number of ether oxygens (including phenoxy) is 1. The minimum Gasteiger partial charge on any atom is -0.487 e. The summed E-state index contributed by atoms with van der Waals surface area (Å²) in [5.41, 5.74) is 1.43. The Morgan fingerprint density at radius 3 is 2.62 bits per heavy atom. The van der Waals surface area contributed by atoms with Crippen LogP contribution in [0.1, 0.15) is 50.5 Å². The van der Waals surface area contributed by atoms with Crippen LogP contribution in [0.15, 0.2) is 53.5 Å². The Bertz CT molecular complexity index is 827. The summed E-state index contributed by atoms with van der Waals surface area (Å²) in [5.74, 6) is 1.18. The Morgan fingerprint density at radius 2 is 1.93 bits per heavy atom. The van der Waals surface area contributed by atoms with Gasteiger partial charge < -0.3 is 20.5 Å². The van der Waals surface area contributed by atoms with E-state index in [1.54, 1.807) is 12.1 Å². The quantitative estimate of drug-likeness (QED) is 0.317. The van der Waals surface area contributed by atoms with Crippen LogP contribution in [0, 0.1) is 5.82 Å². The monoisotopic (exact) mass is 513 g/mol. The SMILES string of the molecule is CCNC(=NCC(O)c1ccc(F)cc1)NC1CC(C)(C)Oc2ccccc21.I. The van der Waals surface area contributed by atoms with Gasteiger partial charge >= 0.3 is 0 Å². The molecule has 3 N–H and O–H groups in total. The van der Waals surface area contributed by atoms with Gasteiger partial charge in [0.1, 0.15) is 17.2 Å². The zero-order chi connectivity index (χ0) is 20.1. The molecule has 29 heavy (non-hydrogen) atoms. The van der Waals surface area contributed by atoms with E-state index in [0.29, 0.717) is 18.1 Å². The van der Waals surface area contributed by atoms with E-state index in [9.17, 15) is 9.50 Å². The van der Waals surface area contributed by atoms with Crippen LogP contribution in [0.3, 0.4) is 0 Å². The van der Waals surface area contributed by atoms with Crippen LogP contribution >= 0.6 is 24.0 Å². The van der Waals surface area contributed by atoms with Gasteiger partial charge in [0, 0.05) is 18.5 Å². The van der Waals surface area contributed by atoms with Crippen molar-refractivity contribution in [2.45, 2.75) is 44.9 Å². The van der Waals surface area contributed by atoms with E-state index in [2.05, 4.69) is 35.5 Å². The molecular weight excluding hydrogens is 484 g/mol. The predicted molar refractivity (Wildman–Crippen MR) is 124 cm³/mol. The molecule has 0 fully saturated rings. The average Bonchev–Trinajstić information content (AvgIpc) is 2.65. The minimum atomic E-state index is -0.797. The van der Waals surface area contributed by atoms with Crippen molar-refractivity contribution in [3.05, 3.63) is 65.5 Å². The lowest BCUT2D eigenvalue weighted by molar-refractivity contribution is 0.0693. The van der Waals surface area contributed by atoms with Gasteiger partial charge in [-0.25, -0.2) is 4.39 Å². The number of rotatable bonds is 5. The number of hydrogen-bond donors (Lipinski definition) is 3. The molecule has 0 saturated carbocycles. The topological polar surface area (TPSA) is 65.9 Å². The van der Waals surface area contributed by atoms with Crippen LogP contribution < -0.4 is 15.4 Å². The molecule has 7 heteroatoms. The van der Waals surface area contributed by atoms with Crippen LogP contribution in [-0.4, -0.2) is 29.8 Å². The van der Waals surface area contributed by atoms with Crippen LogP contribution in [0.4, 0.5) is 4.39 Å². The largest absolute Gasteiger partial charge is 0.487 e. The molecule has 5 nitrogen and oxygen atoms in total. The highest BCUT2D eigenvalue weighted by Gasteiger charge is 2.34. The summed E-state index contributed by atoms with van der Waals surface area (Å²) in [6, 6.07) is 13.9. The summed E-state index contributed by atoms with van der Waals surface area (Å²) in [6.45, 7) is 7.01. The van der Waals surface area contributed by atoms with Gasteiger partial charge in [0.25, 0.3) is 0 Å². The second-order valence-corrected chi connectivity index (χ2v) is 7.59. The van der Waals surface area contributed by atoms with Crippen molar-refractivity contribution in [3.8, 4) is 5.75 Å². The number of aliphatic hydroxyl groups excluding tert-OH is 1. The maximum absolute atomic E-state index is 13.1.